The fraction of sp³-hybridized carbons (Fsp3) is 0.800. The van der Waals surface area contributed by atoms with Crippen molar-refractivity contribution < 1.29 is 5.11 Å². The van der Waals surface area contributed by atoms with E-state index >= 15 is 0 Å². The first kappa shape index (κ1) is 9.65. The van der Waals surface area contributed by atoms with Crippen LogP contribution in [0.1, 0.15) is 32.4 Å². The van der Waals surface area contributed by atoms with Gasteiger partial charge in [-0.1, -0.05) is 19.1 Å². The van der Waals surface area contributed by atoms with E-state index in [4.69, 9.17) is 0 Å². The Morgan fingerprint density at radius 1 is 1.57 bits per heavy atom. The van der Waals surface area contributed by atoms with Gasteiger partial charge in [-0.2, -0.15) is 0 Å². The van der Waals surface area contributed by atoms with Gasteiger partial charge >= 0.3 is 0 Å². The molecule has 0 saturated heterocycles. The molecule has 0 atom stereocenters. The normalized spacial score (nSPS) is 17.4. The largest absolute Gasteiger partial charge is 0.395 e. The molecule has 1 aliphatic carbocycles. The third-order valence-electron chi connectivity index (χ3n) is 2.77. The van der Waals surface area contributed by atoms with Crippen molar-refractivity contribution in [3.05, 3.63) is 11.9 Å². The summed E-state index contributed by atoms with van der Waals surface area (Å²) < 4.78 is 1.89. The Bertz CT molecular complexity index is 315. The molecule has 14 heavy (non-hydrogen) atoms. The summed E-state index contributed by atoms with van der Waals surface area (Å²) in [5.41, 5.74) is 0.600. The van der Waals surface area contributed by atoms with E-state index in [1.807, 2.05) is 24.7 Å². The molecule has 4 nitrogen and oxygen atoms in total. The lowest BCUT2D eigenvalue weighted by Gasteiger charge is -2.17. The summed E-state index contributed by atoms with van der Waals surface area (Å²) in [7, 11) is 0. The van der Waals surface area contributed by atoms with Gasteiger partial charge in [0.2, 0.25) is 0 Å². The number of nitrogens with zero attached hydrogens (tertiary/aromatic N) is 3. The molecule has 0 amide bonds. The average molecular weight is 195 g/mol. The van der Waals surface area contributed by atoms with Gasteiger partial charge in [-0.15, -0.1) is 5.10 Å². The van der Waals surface area contributed by atoms with Crippen molar-refractivity contribution in [2.24, 2.45) is 5.92 Å². The molecule has 2 rings (SSSR count). The molecular formula is C10H17N3O. The summed E-state index contributed by atoms with van der Waals surface area (Å²) in [4.78, 5) is 0. The highest BCUT2D eigenvalue weighted by atomic mass is 16.3. The Hall–Kier alpha value is -0.900. The van der Waals surface area contributed by atoms with Gasteiger partial charge in [0, 0.05) is 18.2 Å². The van der Waals surface area contributed by atoms with Crippen molar-refractivity contribution in [2.75, 3.05) is 6.61 Å². The fourth-order valence-corrected chi connectivity index (χ4v) is 1.34. The summed E-state index contributed by atoms with van der Waals surface area (Å²) >= 11 is 0. The van der Waals surface area contributed by atoms with Gasteiger partial charge in [0.15, 0.2) is 0 Å². The second kappa shape index (κ2) is 3.35. The molecule has 1 saturated carbocycles. The zero-order valence-corrected chi connectivity index (χ0v) is 8.77. The van der Waals surface area contributed by atoms with Crippen LogP contribution in [-0.4, -0.2) is 26.7 Å². The molecule has 0 aromatic carbocycles. The average Bonchev–Trinajstić information content (AvgIpc) is 2.81. The molecule has 0 radical (unpaired) electrons. The number of aliphatic hydroxyl groups excluding tert-OH is 1. The third-order valence-corrected chi connectivity index (χ3v) is 2.77. The fourth-order valence-electron chi connectivity index (χ4n) is 1.34. The molecule has 1 aromatic rings. The molecule has 78 valence electrons. The monoisotopic (exact) mass is 195 g/mol. The van der Waals surface area contributed by atoms with Crippen molar-refractivity contribution in [1.29, 1.82) is 0 Å². The lowest BCUT2D eigenvalue weighted by atomic mass is 9.91. The summed E-state index contributed by atoms with van der Waals surface area (Å²) in [6.45, 7) is 5.03. The van der Waals surface area contributed by atoms with E-state index < -0.39 is 0 Å². The highest BCUT2D eigenvalue weighted by Crippen LogP contribution is 2.30. The minimum Gasteiger partial charge on any atom is -0.395 e. The van der Waals surface area contributed by atoms with E-state index in [1.165, 1.54) is 12.8 Å². The Morgan fingerprint density at radius 2 is 2.29 bits per heavy atom. The zero-order chi connectivity index (χ0) is 10.2. The maximum Gasteiger partial charge on any atom is 0.0906 e. The SMILES string of the molecule is CC(C)(CO)c1cn(CC2CC2)nn1. The van der Waals surface area contributed by atoms with Crippen LogP contribution >= 0.6 is 0 Å². The van der Waals surface area contributed by atoms with Gasteiger partial charge in [-0.05, 0) is 18.8 Å². The Labute approximate surface area is 83.9 Å². The Balaban J connectivity index is 2.07. The predicted molar refractivity (Wildman–Crippen MR) is 52.9 cm³/mol. The van der Waals surface area contributed by atoms with E-state index in [0.29, 0.717) is 0 Å². The topological polar surface area (TPSA) is 50.9 Å². The summed E-state index contributed by atoms with van der Waals surface area (Å²) in [5, 5.41) is 17.3. The van der Waals surface area contributed by atoms with Gasteiger partial charge in [-0.25, -0.2) is 0 Å². The first-order valence-corrected chi connectivity index (χ1v) is 5.13. The number of aromatic nitrogens is 3. The van der Waals surface area contributed by atoms with Crippen molar-refractivity contribution in [2.45, 2.75) is 38.6 Å². The first-order chi connectivity index (χ1) is 6.62. The van der Waals surface area contributed by atoms with Gasteiger partial charge in [0.05, 0.1) is 12.3 Å². The number of aliphatic hydroxyl groups is 1. The molecule has 1 aromatic heterocycles. The second-order valence-corrected chi connectivity index (χ2v) is 4.81. The minimum atomic E-state index is -0.276. The first-order valence-electron chi connectivity index (χ1n) is 5.13. The van der Waals surface area contributed by atoms with Crippen molar-refractivity contribution >= 4 is 0 Å². The van der Waals surface area contributed by atoms with Gasteiger partial charge in [0.25, 0.3) is 0 Å². The van der Waals surface area contributed by atoms with Crippen LogP contribution in [0.15, 0.2) is 6.20 Å². The molecule has 0 spiro atoms. The molecule has 1 heterocycles. The minimum absolute atomic E-state index is 0.106. The number of hydrogen-bond donors (Lipinski definition) is 1. The van der Waals surface area contributed by atoms with Gasteiger partial charge < -0.3 is 5.11 Å². The summed E-state index contributed by atoms with van der Waals surface area (Å²) in [5.74, 6) is 0.807. The molecule has 1 aliphatic rings. The van der Waals surface area contributed by atoms with Crippen molar-refractivity contribution in [3.8, 4) is 0 Å². The molecule has 0 unspecified atom stereocenters. The summed E-state index contributed by atoms with van der Waals surface area (Å²) in [6.07, 6.45) is 4.59. The zero-order valence-electron chi connectivity index (χ0n) is 8.77. The third kappa shape index (κ3) is 1.95. The van der Waals surface area contributed by atoms with E-state index in [2.05, 4.69) is 10.3 Å². The van der Waals surface area contributed by atoms with E-state index in [0.717, 1.165) is 18.2 Å². The van der Waals surface area contributed by atoms with E-state index in [1.54, 1.807) is 0 Å². The van der Waals surface area contributed by atoms with Gasteiger partial charge in [0.1, 0.15) is 0 Å². The highest BCUT2D eigenvalue weighted by Gasteiger charge is 2.26. The van der Waals surface area contributed by atoms with Crippen molar-refractivity contribution in [1.82, 2.24) is 15.0 Å². The Kier molecular flexibility index (Phi) is 2.31. The van der Waals surface area contributed by atoms with Crippen LogP contribution in [0.25, 0.3) is 0 Å². The second-order valence-electron chi connectivity index (χ2n) is 4.81. The van der Waals surface area contributed by atoms with Gasteiger partial charge in [-0.3, -0.25) is 4.68 Å². The maximum absolute atomic E-state index is 9.17. The number of hydrogen-bond acceptors (Lipinski definition) is 3. The smallest absolute Gasteiger partial charge is 0.0906 e. The van der Waals surface area contributed by atoms with Crippen LogP contribution < -0.4 is 0 Å². The molecule has 0 aliphatic heterocycles. The van der Waals surface area contributed by atoms with Crippen LogP contribution in [-0.2, 0) is 12.0 Å². The highest BCUT2D eigenvalue weighted by molar-refractivity contribution is 5.08. The van der Waals surface area contributed by atoms with Crippen LogP contribution in [0.3, 0.4) is 0 Å². The summed E-state index contributed by atoms with van der Waals surface area (Å²) in [6, 6.07) is 0. The Morgan fingerprint density at radius 3 is 2.86 bits per heavy atom. The predicted octanol–water partition coefficient (Wildman–Crippen LogP) is 0.958. The van der Waals surface area contributed by atoms with Crippen LogP contribution in [0.4, 0.5) is 0 Å². The van der Waals surface area contributed by atoms with Crippen LogP contribution in [0.2, 0.25) is 0 Å². The standard InChI is InChI=1S/C10H17N3O/c1-10(2,7-14)9-6-13(12-11-9)5-8-3-4-8/h6,8,14H,3-5,7H2,1-2H3. The number of rotatable bonds is 4. The lowest BCUT2D eigenvalue weighted by molar-refractivity contribution is 0.215. The molecular weight excluding hydrogens is 178 g/mol. The maximum atomic E-state index is 9.17. The van der Waals surface area contributed by atoms with Crippen LogP contribution in [0, 0.1) is 5.92 Å². The van der Waals surface area contributed by atoms with E-state index in [-0.39, 0.29) is 12.0 Å². The van der Waals surface area contributed by atoms with Crippen LogP contribution in [0.5, 0.6) is 0 Å². The molecule has 1 fully saturated rings. The molecule has 0 bridgehead atoms. The molecule has 4 heteroatoms. The quantitative estimate of drug-likeness (QED) is 0.778. The lowest BCUT2D eigenvalue weighted by Crippen LogP contribution is -2.22. The van der Waals surface area contributed by atoms with Crippen molar-refractivity contribution in [3.63, 3.8) is 0 Å². The van der Waals surface area contributed by atoms with E-state index in [9.17, 15) is 5.11 Å². The molecule has 1 N–H and O–H groups in total.